The van der Waals surface area contributed by atoms with Crippen LogP contribution in [0.2, 0.25) is 0 Å². The Kier molecular flexibility index (Phi) is 12.2. The van der Waals surface area contributed by atoms with Gasteiger partial charge in [0.25, 0.3) is 0 Å². The van der Waals surface area contributed by atoms with E-state index in [4.69, 9.17) is 20.2 Å². The van der Waals surface area contributed by atoms with Crippen LogP contribution < -0.4 is 0 Å². The van der Waals surface area contributed by atoms with Crippen molar-refractivity contribution in [3.05, 3.63) is 173 Å². The van der Waals surface area contributed by atoms with E-state index in [9.17, 15) is 0 Å². The molecule has 1 aliphatic rings. The first-order valence-corrected chi connectivity index (χ1v) is 17.2. The summed E-state index contributed by atoms with van der Waals surface area (Å²) in [6.45, 7) is 17.6. The zero-order valence-electron chi connectivity index (χ0n) is 25.1. The van der Waals surface area contributed by atoms with Gasteiger partial charge in [-0.3, -0.25) is 4.58 Å². The van der Waals surface area contributed by atoms with E-state index >= 15 is 0 Å². The van der Waals surface area contributed by atoms with E-state index in [2.05, 4.69) is 161 Å². The SMILES string of the molecule is C=[N+]1C([C-](C)[N+](=C)c2ccccc2Cc2ccccc2)=CC=C[C-]1[C-](C)[N+](=C)c1ccccc1Cc1ccccc1.[Cl][Fe][Cl]. The predicted octanol–water partition coefficient (Wildman–Crippen LogP) is 9.44. The zero-order chi connectivity index (χ0) is 31.5. The van der Waals surface area contributed by atoms with Gasteiger partial charge in [-0.25, -0.2) is 0 Å². The van der Waals surface area contributed by atoms with E-state index in [1.807, 2.05) is 13.7 Å². The average Bonchev–Trinajstić information content (AvgIpc) is 3.05. The molecule has 6 heteroatoms. The molecular weight excluding hydrogens is 625 g/mol. The Balaban J connectivity index is 0.00000141. The van der Waals surface area contributed by atoms with E-state index < -0.39 is 0 Å². The molecule has 0 radical (unpaired) electrons. The summed E-state index contributed by atoms with van der Waals surface area (Å²) in [5, 5.41) is 0. The molecule has 0 N–H and O–H groups in total. The third-order valence-corrected chi connectivity index (χ3v) is 7.68. The van der Waals surface area contributed by atoms with Crippen molar-refractivity contribution in [2.45, 2.75) is 26.7 Å². The molecule has 5 rings (SSSR count). The predicted molar refractivity (Wildman–Crippen MR) is 183 cm³/mol. The number of rotatable bonds is 10. The molecule has 0 fully saturated rings. The van der Waals surface area contributed by atoms with Crippen LogP contribution >= 0.6 is 20.2 Å². The molecule has 3 nitrogen and oxygen atoms in total. The molecule has 4 aromatic rings. The van der Waals surface area contributed by atoms with Crippen LogP contribution in [0.25, 0.3) is 0 Å². The summed E-state index contributed by atoms with van der Waals surface area (Å²) in [5.74, 6) is 0. The van der Waals surface area contributed by atoms with E-state index in [0.29, 0.717) is 0 Å². The van der Waals surface area contributed by atoms with Crippen LogP contribution in [0.15, 0.2) is 133 Å². The minimum atomic E-state index is 0.194. The summed E-state index contributed by atoms with van der Waals surface area (Å²) in [6.07, 6.45) is 7.94. The Morgan fingerprint density at radius 1 is 0.705 bits per heavy atom. The maximum atomic E-state index is 4.76. The second kappa shape index (κ2) is 16.2. The molecule has 0 saturated heterocycles. The van der Waals surface area contributed by atoms with Gasteiger partial charge >= 0.3 is 33.3 Å². The first-order chi connectivity index (χ1) is 21.3. The standard InChI is InChI=1S/C38H37N3.2ClH.Fe/c1-29(39(3)37-23-14-12-21-33(37)27-31-17-8-6-9-18-31)35-25-16-26-36(41(35)5)30(2)40(4)38-24-15-13-22-34(38)28-32-19-10-7-11-20-32;;;/h6-26H,3-5,27-28H2,1-2H3;2*1H;/q;;;+2/p-2. The number of hydrogen-bond acceptors (Lipinski definition) is 0. The fourth-order valence-corrected chi connectivity index (χ4v) is 5.29. The Hall–Kier alpha value is -3.92. The van der Waals surface area contributed by atoms with Gasteiger partial charge in [0.1, 0.15) is 35.2 Å². The first-order valence-electron chi connectivity index (χ1n) is 14.2. The number of hydrogen-bond donors (Lipinski definition) is 0. The van der Waals surface area contributed by atoms with Crippen molar-refractivity contribution in [1.82, 2.24) is 0 Å². The molecule has 0 saturated carbocycles. The number of para-hydroxylation sites is 2. The normalized spacial score (nSPS) is 12.2. The molecule has 0 bridgehead atoms. The van der Waals surface area contributed by atoms with Gasteiger partial charge in [0.15, 0.2) is 0 Å². The maximum absolute atomic E-state index is 4.76. The summed E-state index contributed by atoms with van der Waals surface area (Å²) in [5.41, 5.74) is 8.13. The fraction of sp³-hybridized carbons (Fsp3) is 0.105. The zero-order valence-corrected chi connectivity index (χ0v) is 27.7. The average molecular weight is 662 g/mol. The van der Waals surface area contributed by atoms with Crippen molar-refractivity contribution in [2.24, 2.45) is 0 Å². The molecule has 0 unspecified atom stereocenters. The van der Waals surface area contributed by atoms with Gasteiger partial charge in [0.05, 0.1) is 13.4 Å². The molecule has 1 aliphatic heterocycles. The van der Waals surface area contributed by atoms with Gasteiger partial charge in [0.2, 0.25) is 0 Å². The fourth-order valence-electron chi connectivity index (χ4n) is 5.29. The van der Waals surface area contributed by atoms with Gasteiger partial charge in [-0.2, -0.15) is 6.08 Å². The molecule has 1 heterocycles. The van der Waals surface area contributed by atoms with Crippen LogP contribution in [0.5, 0.6) is 0 Å². The second-order valence-corrected chi connectivity index (χ2v) is 12.2. The topological polar surface area (TPSA) is 9.03 Å². The van der Waals surface area contributed by atoms with Crippen LogP contribution in [0.3, 0.4) is 0 Å². The summed E-state index contributed by atoms with van der Waals surface area (Å²) < 4.78 is 6.03. The molecule has 44 heavy (non-hydrogen) atoms. The molecule has 4 aromatic carbocycles. The Bertz CT molecular complexity index is 1650. The molecule has 0 atom stereocenters. The molecule has 0 aliphatic carbocycles. The Morgan fingerprint density at radius 3 is 1.64 bits per heavy atom. The molecule has 226 valence electrons. The van der Waals surface area contributed by atoms with Gasteiger partial charge in [0, 0.05) is 6.72 Å². The Morgan fingerprint density at radius 2 is 1.14 bits per heavy atom. The van der Waals surface area contributed by atoms with Crippen molar-refractivity contribution in [1.29, 1.82) is 0 Å². The van der Waals surface area contributed by atoms with E-state index in [1.54, 1.807) is 0 Å². The number of nitrogens with zero attached hydrogens (tertiary/aromatic N) is 3. The minimum absolute atomic E-state index is 0.194. The second-order valence-electron chi connectivity index (χ2n) is 10.4. The summed E-state index contributed by atoms with van der Waals surface area (Å²) in [6, 6.07) is 41.0. The van der Waals surface area contributed by atoms with E-state index in [0.717, 1.165) is 48.0 Å². The van der Waals surface area contributed by atoms with Gasteiger partial charge in [-0.1, -0.05) is 103 Å². The number of allylic oxidation sites excluding steroid dienone is 2. The van der Waals surface area contributed by atoms with Crippen molar-refractivity contribution < 1.29 is 26.9 Å². The third-order valence-electron chi connectivity index (χ3n) is 7.68. The van der Waals surface area contributed by atoms with Crippen molar-refractivity contribution in [2.75, 3.05) is 0 Å². The summed E-state index contributed by atoms with van der Waals surface area (Å²) in [7, 11) is 9.53. The van der Waals surface area contributed by atoms with E-state index in [1.165, 1.54) is 22.3 Å². The van der Waals surface area contributed by atoms with Crippen LogP contribution in [-0.4, -0.2) is 33.9 Å². The molecule has 0 aromatic heterocycles. The third kappa shape index (κ3) is 8.16. The number of halogens is 2. The van der Waals surface area contributed by atoms with Crippen LogP contribution in [-0.2, 0) is 26.0 Å². The van der Waals surface area contributed by atoms with Crippen molar-refractivity contribution in [3.8, 4) is 0 Å². The summed E-state index contributed by atoms with van der Waals surface area (Å²) >= 11 is 0.194. The van der Waals surface area contributed by atoms with Gasteiger partial charge in [-0.05, 0) is 61.1 Å². The van der Waals surface area contributed by atoms with Crippen molar-refractivity contribution >= 4 is 51.7 Å². The van der Waals surface area contributed by atoms with Crippen LogP contribution in [0.1, 0.15) is 36.1 Å². The summed E-state index contributed by atoms with van der Waals surface area (Å²) in [4.78, 5) is 0. The number of benzene rings is 4. The molecule has 0 amide bonds. The molecule has 0 spiro atoms. The van der Waals surface area contributed by atoms with Gasteiger partial charge < -0.3 is 9.15 Å². The molecular formula is C38H37Cl2FeN3. The van der Waals surface area contributed by atoms with Crippen molar-refractivity contribution in [3.63, 3.8) is 0 Å². The Labute approximate surface area is 277 Å². The monoisotopic (exact) mass is 661 g/mol. The van der Waals surface area contributed by atoms with Gasteiger partial charge in [-0.15, -0.1) is 6.08 Å². The first kappa shape index (κ1) is 33.0. The van der Waals surface area contributed by atoms with Crippen LogP contribution in [0.4, 0.5) is 11.4 Å². The van der Waals surface area contributed by atoms with Crippen LogP contribution in [0, 0.1) is 18.1 Å². The quantitative estimate of drug-likeness (QED) is 0.0693. The van der Waals surface area contributed by atoms with E-state index in [-0.39, 0.29) is 13.1 Å².